The molecule has 1 aromatic heterocycles. The maximum absolute atomic E-state index is 12.1. The number of hydrogen-bond donors (Lipinski definition) is 1. The summed E-state index contributed by atoms with van der Waals surface area (Å²) in [7, 11) is 3.79. The van der Waals surface area contributed by atoms with Crippen molar-refractivity contribution in [3.8, 4) is 11.3 Å². The van der Waals surface area contributed by atoms with E-state index in [0.717, 1.165) is 5.56 Å². The standard InChI is InChI=1S/C16H18N4O/c1-11(21)14-15(13-8-6-5-7-9-13)18-12(2)19-16(14)17-10-20(3)4/h5-10H,1-4H3/p+1. The summed E-state index contributed by atoms with van der Waals surface area (Å²) >= 11 is 0. The maximum Gasteiger partial charge on any atom is 0.237 e. The van der Waals surface area contributed by atoms with Gasteiger partial charge in [0.05, 0.1) is 19.8 Å². The monoisotopic (exact) mass is 283 g/mol. The number of carbonyl (C=O) groups excluding carboxylic acids is 1. The van der Waals surface area contributed by atoms with Crippen molar-refractivity contribution in [3.05, 3.63) is 41.7 Å². The van der Waals surface area contributed by atoms with Crippen LogP contribution in [0.3, 0.4) is 0 Å². The highest BCUT2D eigenvalue weighted by atomic mass is 16.1. The topological polar surface area (TPSA) is 57.9 Å². The second kappa shape index (κ2) is 6.26. The van der Waals surface area contributed by atoms with Crippen LogP contribution in [0, 0.1) is 6.92 Å². The molecule has 2 rings (SSSR count). The summed E-state index contributed by atoms with van der Waals surface area (Å²) in [4.78, 5) is 20.9. The lowest BCUT2D eigenvalue weighted by atomic mass is 10.0. The van der Waals surface area contributed by atoms with Crippen LogP contribution < -0.4 is 5.32 Å². The minimum Gasteiger partial charge on any atom is -0.294 e. The molecule has 0 unspecified atom stereocenters. The lowest BCUT2D eigenvalue weighted by Gasteiger charge is -2.09. The van der Waals surface area contributed by atoms with Gasteiger partial charge in [0, 0.05) is 5.56 Å². The van der Waals surface area contributed by atoms with E-state index in [1.165, 1.54) is 6.92 Å². The summed E-state index contributed by atoms with van der Waals surface area (Å²) in [5.74, 6) is 1.08. The Morgan fingerprint density at radius 1 is 1.19 bits per heavy atom. The van der Waals surface area contributed by atoms with Crippen molar-refractivity contribution in [2.45, 2.75) is 13.8 Å². The molecule has 0 atom stereocenters. The normalized spacial score (nSPS) is 10.1. The molecule has 0 aliphatic carbocycles. The highest BCUT2D eigenvalue weighted by Crippen LogP contribution is 2.26. The molecule has 21 heavy (non-hydrogen) atoms. The van der Waals surface area contributed by atoms with Crippen molar-refractivity contribution in [2.24, 2.45) is 0 Å². The predicted molar refractivity (Wildman–Crippen MR) is 84.0 cm³/mol. The first-order chi connectivity index (χ1) is 9.99. The number of nitrogens with zero attached hydrogens (tertiary/aromatic N) is 3. The number of Topliss-reactive ketones (excluding diaryl/α,β-unsaturated/α-hetero) is 1. The fourth-order valence-electron chi connectivity index (χ4n) is 2.01. The molecule has 1 aromatic carbocycles. The molecule has 0 fully saturated rings. The molecule has 0 radical (unpaired) electrons. The van der Waals surface area contributed by atoms with Crippen LogP contribution in [0.2, 0.25) is 0 Å². The average Bonchev–Trinajstić information content (AvgIpc) is 2.45. The van der Waals surface area contributed by atoms with Gasteiger partial charge in [0.25, 0.3) is 0 Å². The van der Waals surface area contributed by atoms with E-state index in [0.29, 0.717) is 22.9 Å². The van der Waals surface area contributed by atoms with E-state index >= 15 is 0 Å². The quantitative estimate of drug-likeness (QED) is 0.405. The summed E-state index contributed by atoms with van der Waals surface area (Å²) in [5, 5.41) is 3.07. The molecule has 0 bridgehead atoms. The molecular weight excluding hydrogens is 264 g/mol. The van der Waals surface area contributed by atoms with Gasteiger partial charge in [-0.3, -0.25) is 9.37 Å². The number of rotatable bonds is 4. The Morgan fingerprint density at radius 3 is 2.43 bits per heavy atom. The maximum atomic E-state index is 12.1. The Hall–Kier alpha value is -2.56. The largest absolute Gasteiger partial charge is 0.294 e. The molecule has 5 nitrogen and oxygen atoms in total. The van der Waals surface area contributed by atoms with Crippen LogP contribution in [0.4, 0.5) is 5.82 Å². The molecule has 0 saturated heterocycles. The van der Waals surface area contributed by atoms with Gasteiger partial charge < -0.3 is 0 Å². The van der Waals surface area contributed by atoms with Gasteiger partial charge in [0.15, 0.2) is 5.78 Å². The lowest BCUT2D eigenvalue weighted by Crippen LogP contribution is -2.14. The number of hydrogen-bond acceptors (Lipinski definition) is 3. The zero-order chi connectivity index (χ0) is 15.4. The smallest absolute Gasteiger partial charge is 0.237 e. The van der Waals surface area contributed by atoms with E-state index in [9.17, 15) is 4.79 Å². The molecular formula is C16H19N4O+. The molecule has 0 spiro atoms. The average molecular weight is 283 g/mol. The van der Waals surface area contributed by atoms with E-state index in [2.05, 4.69) is 15.3 Å². The minimum absolute atomic E-state index is 0.0662. The summed E-state index contributed by atoms with van der Waals surface area (Å²) in [6, 6.07) is 9.66. The van der Waals surface area contributed by atoms with E-state index in [1.54, 1.807) is 6.34 Å². The molecule has 0 saturated carbocycles. The molecule has 1 N–H and O–H groups in total. The third-order valence-electron chi connectivity index (χ3n) is 2.88. The van der Waals surface area contributed by atoms with Crippen LogP contribution in [0.5, 0.6) is 0 Å². The summed E-state index contributed by atoms with van der Waals surface area (Å²) in [6.07, 6.45) is 1.75. The van der Waals surface area contributed by atoms with Crippen molar-refractivity contribution in [1.29, 1.82) is 0 Å². The Morgan fingerprint density at radius 2 is 1.86 bits per heavy atom. The van der Waals surface area contributed by atoms with Gasteiger partial charge >= 0.3 is 0 Å². The SMILES string of the molecule is CC(=O)c1c(NC=[N+](C)C)nc(C)nc1-c1ccccc1. The summed E-state index contributed by atoms with van der Waals surface area (Å²) in [6.45, 7) is 3.35. The zero-order valence-corrected chi connectivity index (χ0v) is 12.7. The Balaban J connectivity index is 2.64. The van der Waals surface area contributed by atoms with Crippen molar-refractivity contribution in [1.82, 2.24) is 9.97 Å². The minimum atomic E-state index is -0.0662. The van der Waals surface area contributed by atoms with Gasteiger partial charge in [0.1, 0.15) is 11.4 Å². The Labute approximate surface area is 124 Å². The van der Waals surface area contributed by atoms with Crippen molar-refractivity contribution in [2.75, 3.05) is 19.4 Å². The van der Waals surface area contributed by atoms with E-state index in [1.807, 2.05) is 55.9 Å². The van der Waals surface area contributed by atoms with Gasteiger partial charge in [-0.2, -0.15) is 4.98 Å². The molecule has 1 heterocycles. The Kier molecular flexibility index (Phi) is 4.42. The summed E-state index contributed by atoms with van der Waals surface area (Å²) in [5.41, 5.74) is 2.07. The number of nitrogens with one attached hydrogen (secondary N) is 1. The van der Waals surface area contributed by atoms with Gasteiger partial charge in [-0.05, 0) is 13.8 Å². The van der Waals surface area contributed by atoms with Crippen LogP contribution in [0.15, 0.2) is 30.3 Å². The second-order valence-corrected chi connectivity index (χ2v) is 5.00. The second-order valence-electron chi connectivity index (χ2n) is 5.00. The van der Waals surface area contributed by atoms with Gasteiger partial charge in [-0.25, -0.2) is 10.3 Å². The van der Waals surface area contributed by atoms with Gasteiger partial charge in [-0.1, -0.05) is 30.3 Å². The van der Waals surface area contributed by atoms with Crippen LogP contribution in [0.25, 0.3) is 11.3 Å². The molecule has 0 aliphatic rings. The number of aryl methyl sites for hydroxylation is 1. The van der Waals surface area contributed by atoms with E-state index < -0.39 is 0 Å². The highest BCUT2D eigenvalue weighted by molar-refractivity contribution is 6.05. The number of ketones is 1. The zero-order valence-electron chi connectivity index (χ0n) is 12.7. The van der Waals surface area contributed by atoms with Crippen molar-refractivity contribution in [3.63, 3.8) is 0 Å². The number of aromatic nitrogens is 2. The Bertz CT molecular complexity index is 689. The van der Waals surface area contributed by atoms with Gasteiger partial charge in [-0.15, -0.1) is 0 Å². The van der Waals surface area contributed by atoms with E-state index in [4.69, 9.17) is 0 Å². The molecule has 5 heteroatoms. The molecule has 2 aromatic rings. The number of carbonyl (C=O) groups is 1. The van der Waals surface area contributed by atoms with Crippen LogP contribution in [-0.2, 0) is 0 Å². The third-order valence-corrected chi connectivity index (χ3v) is 2.88. The number of anilines is 1. The first-order valence-corrected chi connectivity index (χ1v) is 6.70. The molecule has 0 amide bonds. The van der Waals surface area contributed by atoms with Crippen LogP contribution >= 0.6 is 0 Å². The summed E-state index contributed by atoms with van der Waals surface area (Å²) < 4.78 is 1.85. The molecule has 108 valence electrons. The first-order valence-electron chi connectivity index (χ1n) is 6.70. The van der Waals surface area contributed by atoms with Crippen LogP contribution in [-0.4, -0.2) is 40.8 Å². The van der Waals surface area contributed by atoms with Gasteiger partial charge in [0.2, 0.25) is 12.2 Å². The predicted octanol–water partition coefficient (Wildman–Crippen LogP) is 2.37. The molecule has 0 aliphatic heterocycles. The fourth-order valence-corrected chi connectivity index (χ4v) is 2.01. The van der Waals surface area contributed by atoms with E-state index in [-0.39, 0.29) is 5.78 Å². The number of benzene rings is 1. The highest BCUT2D eigenvalue weighted by Gasteiger charge is 2.20. The lowest BCUT2D eigenvalue weighted by molar-refractivity contribution is -0.459. The fraction of sp³-hybridized carbons (Fsp3) is 0.250. The first kappa shape index (κ1) is 14.8. The third kappa shape index (κ3) is 3.51. The van der Waals surface area contributed by atoms with Crippen molar-refractivity contribution >= 4 is 17.9 Å². The van der Waals surface area contributed by atoms with Crippen LogP contribution in [0.1, 0.15) is 23.1 Å². The van der Waals surface area contributed by atoms with Crippen molar-refractivity contribution < 1.29 is 9.37 Å².